The van der Waals surface area contributed by atoms with Crippen LogP contribution in [0.5, 0.6) is 11.6 Å². The van der Waals surface area contributed by atoms with E-state index in [-0.39, 0.29) is 16.9 Å². The van der Waals surface area contributed by atoms with Gasteiger partial charge in [-0.1, -0.05) is 0 Å². The van der Waals surface area contributed by atoms with E-state index in [1.54, 1.807) is 6.92 Å². The molecule has 0 aliphatic rings. The van der Waals surface area contributed by atoms with Gasteiger partial charge >= 0.3 is 6.18 Å². The van der Waals surface area contributed by atoms with Crippen LogP contribution >= 0.6 is 11.6 Å². The molecule has 0 saturated heterocycles. The van der Waals surface area contributed by atoms with E-state index in [0.717, 1.165) is 6.07 Å². The summed E-state index contributed by atoms with van der Waals surface area (Å²) in [5.41, 5.74) is -0.930. The van der Waals surface area contributed by atoms with Crippen LogP contribution in [0.15, 0.2) is 24.4 Å². The van der Waals surface area contributed by atoms with Gasteiger partial charge in [0.2, 0.25) is 11.2 Å². The number of hydrogen-bond acceptors (Lipinski definition) is 3. The highest BCUT2D eigenvalue weighted by molar-refractivity contribution is 6.28. The predicted octanol–water partition coefficient (Wildman–Crippen LogP) is 4.39. The molecule has 0 unspecified atom stereocenters. The molecule has 0 aliphatic carbocycles. The fourth-order valence-corrected chi connectivity index (χ4v) is 1.53. The van der Waals surface area contributed by atoms with Crippen molar-refractivity contribution in [1.82, 2.24) is 9.97 Å². The van der Waals surface area contributed by atoms with Crippen LogP contribution < -0.4 is 4.74 Å². The first-order chi connectivity index (χ1) is 9.27. The number of halogens is 5. The molecule has 20 heavy (non-hydrogen) atoms. The Morgan fingerprint density at radius 2 is 1.95 bits per heavy atom. The molecular weight excluding hydrogens is 300 g/mol. The summed E-state index contributed by atoms with van der Waals surface area (Å²) in [6.07, 6.45) is -3.44. The lowest BCUT2D eigenvalue weighted by atomic mass is 10.2. The van der Waals surface area contributed by atoms with Crippen LogP contribution in [0, 0.1) is 12.7 Å². The molecule has 2 aromatic rings. The molecule has 1 aromatic carbocycles. The van der Waals surface area contributed by atoms with E-state index in [2.05, 4.69) is 9.97 Å². The van der Waals surface area contributed by atoms with Gasteiger partial charge in [-0.25, -0.2) is 9.37 Å². The molecule has 0 radical (unpaired) electrons. The monoisotopic (exact) mass is 306 g/mol. The zero-order chi connectivity index (χ0) is 14.9. The van der Waals surface area contributed by atoms with Crippen molar-refractivity contribution in [1.29, 1.82) is 0 Å². The van der Waals surface area contributed by atoms with Crippen molar-refractivity contribution in [2.75, 3.05) is 0 Å². The summed E-state index contributed by atoms with van der Waals surface area (Å²) in [5.74, 6) is -1.57. The second-order valence-corrected chi connectivity index (χ2v) is 4.21. The topological polar surface area (TPSA) is 35.0 Å². The van der Waals surface area contributed by atoms with Gasteiger partial charge in [0.1, 0.15) is 11.6 Å². The van der Waals surface area contributed by atoms with E-state index in [4.69, 9.17) is 16.3 Å². The quantitative estimate of drug-likeness (QED) is 0.610. The van der Waals surface area contributed by atoms with Crippen LogP contribution in [-0.2, 0) is 6.18 Å². The Hall–Kier alpha value is -1.89. The zero-order valence-corrected chi connectivity index (χ0v) is 10.8. The van der Waals surface area contributed by atoms with Gasteiger partial charge < -0.3 is 4.74 Å². The highest BCUT2D eigenvalue weighted by atomic mass is 35.5. The van der Waals surface area contributed by atoms with Crippen LogP contribution in [-0.4, -0.2) is 9.97 Å². The van der Waals surface area contributed by atoms with Gasteiger partial charge in [0, 0.05) is 11.8 Å². The first-order valence-corrected chi connectivity index (χ1v) is 5.69. The number of ether oxygens (including phenoxy) is 1. The van der Waals surface area contributed by atoms with Gasteiger partial charge in [-0.15, -0.1) is 0 Å². The number of alkyl halides is 3. The maximum atomic E-state index is 13.1. The molecule has 8 heteroatoms. The Bertz CT molecular complexity index is 646. The van der Waals surface area contributed by atoms with E-state index >= 15 is 0 Å². The third kappa shape index (κ3) is 3.16. The average molecular weight is 307 g/mol. The lowest BCUT2D eigenvalue weighted by molar-refractivity contribution is -0.140. The van der Waals surface area contributed by atoms with E-state index in [9.17, 15) is 17.6 Å². The predicted molar refractivity (Wildman–Crippen MR) is 63.3 cm³/mol. The Morgan fingerprint density at radius 3 is 2.60 bits per heavy atom. The summed E-state index contributed by atoms with van der Waals surface area (Å²) in [5, 5.41) is -0.108. The summed E-state index contributed by atoms with van der Waals surface area (Å²) in [6, 6.07) is 2.31. The lowest BCUT2D eigenvalue weighted by Crippen LogP contribution is -2.08. The van der Waals surface area contributed by atoms with Gasteiger partial charge in [-0.2, -0.15) is 18.2 Å². The minimum absolute atomic E-state index is 0.00438. The SMILES string of the molecule is Cc1cnc(Cl)nc1Oc1ccc(F)c(C(F)(F)F)c1. The van der Waals surface area contributed by atoms with Gasteiger partial charge in [-0.3, -0.25) is 0 Å². The van der Waals surface area contributed by atoms with Gasteiger partial charge in [0.05, 0.1) is 5.56 Å². The van der Waals surface area contributed by atoms with E-state index < -0.39 is 17.6 Å². The minimum Gasteiger partial charge on any atom is -0.439 e. The molecule has 0 aliphatic heterocycles. The summed E-state index contributed by atoms with van der Waals surface area (Å²) >= 11 is 5.57. The molecular formula is C12H7ClF4N2O. The van der Waals surface area contributed by atoms with Crippen molar-refractivity contribution in [3.05, 3.63) is 46.6 Å². The molecule has 106 valence electrons. The number of benzene rings is 1. The second kappa shape index (κ2) is 5.24. The van der Waals surface area contributed by atoms with Gasteiger partial charge in [0.15, 0.2) is 0 Å². The molecule has 0 atom stereocenters. The normalized spacial score (nSPS) is 11.5. The maximum Gasteiger partial charge on any atom is 0.419 e. The highest BCUT2D eigenvalue weighted by Gasteiger charge is 2.34. The number of aromatic nitrogens is 2. The van der Waals surface area contributed by atoms with Crippen LogP contribution in [0.25, 0.3) is 0 Å². The Kier molecular flexibility index (Phi) is 3.80. The maximum absolute atomic E-state index is 13.1. The third-order valence-corrected chi connectivity index (χ3v) is 2.54. The number of hydrogen-bond donors (Lipinski definition) is 0. The molecule has 0 N–H and O–H groups in total. The lowest BCUT2D eigenvalue weighted by Gasteiger charge is -2.11. The fraction of sp³-hybridized carbons (Fsp3) is 0.167. The third-order valence-electron chi connectivity index (χ3n) is 2.35. The van der Waals surface area contributed by atoms with Crippen molar-refractivity contribution in [2.45, 2.75) is 13.1 Å². The van der Waals surface area contributed by atoms with Crippen molar-refractivity contribution in [2.24, 2.45) is 0 Å². The summed E-state index contributed by atoms with van der Waals surface area (Å²) in [6.45, 7) is 1.60. The number of rotatable bonds is 2. The molecule has 1 aromatic heterocycles. The van der Waals surface area contributed by atoms with Crippen molar-refractivity contribution in [3.63, 3.8) is 0 Å². The zero-order valence-electron chi connectivity index (χ0n) is 10.0. The summed E-state index contributed by atoms with van der Waals surface area (Å²) < 4.78 is 56.0. The largest absolute Gasteiger partial charge is 0.439 e. The molecule has 0 spiro atoms. The molecule has 2 rings (SSSR count). The second-order valence-electron chi connectivity index (χ2n) is 3.87. The molecule has 0 fully saturated rings. The van der Waals surface area contributed by atoms with Crippen LogP contribution in [0.1, 0.15) is 11.1 Å². The Balaban J connectivity index is 2.37. The Labute approximate surface area is 116 Å². The Morgan fingerprint density at radius 1 is 1.25 bits per heavy atom. The first kappa shape index (κ1) is 14.5. The number of nitrogens with zero attached hydrogens (tertiary/aromatic N) is 2. The molecule has 3 nitrogen and oxygen atoms in total. The van der Waals surface area contributed by atoms with Crippen molar-refractivity contribution in [3.8, 4) is 11.6 Å². The summed E-state index contributed by atoms with van der Waals surface area (Å²) in [4.78, 5) is 7.43. The van der Waals surface area contributed by atoms with Crippen molar-refractivity contribution < 1.29 is 22.3 Å². The molecule has 0 amide bonds. The fourth-order valence-electron chi connectivity index (χ4n) is 1.41. The molecule has 0 saturated carbocycles. The highest BCUT2D eigenvalue weighted by Crippen LogP contribution is 2.34. The van der Waals surface area contributed by atoms with Crippen LogP contribution in [0.4, 0.5) is 17.6 Å². The van der Waals surface area contributed by atoms with E-state index in [1.807, 2.05) is 0 Å². The minimum atomic E-state index is -4.80. The van der Waals surface area contributed by atoms with Gasteiger partial charge in [-0.05, 0) is 36.7 Å². The smallest absolute Gasteiger partial charge is 0.419 e. The van der Waals surface area contributed by atoms with Gasteiger partial charge in [0.25, 0.3) is 0 Å². The van der Waals surface area contributed by atoms with Crippen molar-refractivity contribution >= 4 is 11.6 Å². The molecule has 1 heterocycles. The summed E-state index contributed by atoms with van der Waals surface area (Å²) in [7, 11) is 0. The number of aryl methyl sites for hydroxylation is 1. The first-order valence-electron chi connectivity index (χ1n) is 5.31. The van der Waals surface area contributed by atoms with E-state index in [1.165, 1.54) is 6.20 Å². The standard InChI is InChI=1S/C12H7ClF4N2O/c1-6-5-18-11(13)19-10(6)20-7-2-3-9(14)8(4-7)12(15,16)17/h2-5H,1H3. The average Bonchev–Trinajstić information content (AvgIpc) is 2.35. The van der Waals surface area contributed by atoms with Crippen LogP contribution in [0.3, 0.4) is 0 Å². The van der Waals surface area contributed by atoms with Crippen LogP contribution in [0.2, 0.25) is 5.28 Å². The van der Waals surface area contributed by atoms with E-state index in [0.29, 0.717) is 17.7 Å². The molecule has 0 bridgehead atoms.